The van der Waals surface area contributed by atoms with Crippen LogP contribution in [0.3, 0.4) is 0 Å². The van der Waals surface area contributed by atoms with Crippen LogP contribution in [-0.2, 0) is 17.4 Å². The number of carbonyl (C=O) groups excluding carboxylic acids is 1. The number of benzene rings is 2. The molecule has 0 bridgehead atoms. The number of rotatable bonds is 12. The molecular formula is C25H29F3N4OS. The molecule has 0 unspecified atom stereocenters. The van der Waals surface area contributed by atoms with Crippen LogP contribution in [0.5, 0.6) is 0 Å². The lowest BCUT2D eigenvalue weighted by Gasteiger charge is -2.13. The highest BCUT2D eigenvalue weighted by molar-refractivity contribution is 7.99. The van der Waals surface area contributed by atoms with Gasteiger partial charge in [0.2, 0.25) is 5.91 Å². The Labute approximate surface area is 202 Å². The van der Waals surface area contributed by atoms with Gasteiger partial charge >= 0.3 is 6.18 Å². The van der Waals surface area contributed by atoms with Crippen LogP contribution in [0.15, 0.2) is 59.8 Å². The third-order valence-electron chi connectivity index (χ3n) is 5.22. The van der Waals surface area contributed by atoms with Gasteiger partial charge in [-0.25, -0.2) is 0 Å². The number of unbranched alkanes of at least 4 members (excludes halogenated alkanes) is 2. The Hall–Kier alpha value is -2.81. The number of nitrogens with zero attached hydrogens (tertiary/aromatic N) is 3. The predicted octanol–water partition coefficient (Wildman–Crippen LogP) is 6.06. The zero-order valence-corrected chi connectivity index (χ0v) is 20.0. The Morgan fingerprint density at radius 1 is 1.03 bits per heavy atom. The Bertz CT molecular complexity index is 1050. The number of hydrogen-bond donors (Lipinski definition) is 1. The van der Waals surface area contributed by atoms with E-state index in [1.165, 1.54) is 17.8 Å². The van der Waals surface area contributed by atoms with E-state index in [1.54, 1.807) is 10.6 Å². The van der Waals surface area contributed by atoms with Crippen LogP contribution in [-0.4, -0.2) is 33.0 Å². The van der Waals surface area contributed by atoms with Gasteiger partial charge in [0.25, 0.3) is 0 Å². The average molecular weight is 491 g/mol. The Morgan fingerprint density at radius 3 is 2.56 bits per heavy atom. The molecule has 0 aliphatic rings. The first kappa shape index (κ1) is 25.8. The van der Waals surface area contributed by atoms with Crippen molar-refractivity contribution >= 4 is 17.7 Å². The van der Waals surface area contributed by atoms with Crippen molar-refractivity contribution < 1.29 is 18.0 Å². The molecule has 0 saturated heterocycles. The van der Waals surface area contributed by atoms with Gasteiger partial charge in [-0.1, -0.05) is 61.5 Å². The molecule has 1 aromatic heterocycles. The molecule has 3 rings (SSSR count). The Kier molecular flexibility index (Phi) is 9.56. The number of alkyl halides is 3. The zero-order chi connectivity index (χ0) is 24.4. The van der Waals surface area contributed by atoms with Crippen LogP contribution in [0.4, 0.5) is 13.2 Å². The summed E-state index contributed by atoms with van der Waals surface area (Å²) in [5.41, 5.74) is 0.659. The molecule has 0 fully saturated rings. The summed E-state index contributed by atoms with van der Waals surface area (Å²) in [5, 5.41) is 12.0. The molecule has 0 saturated carbocycles. The number of hydrogen-bond acceptors (Lipinski definition) is 4. The minimum absolute atomic E-state index is 0.0516. The van der Waals surface area contributed by atoms with Crippen LogP contribution in [0.1, 0.15) is 56.0 Å². The lowest BCUT2D eigenvalue weighted by Crippen LogP contribution is -2.23. The van der Waals surface area contributed by atoms with Crippen molar-refractivity contribution in [3.05, 3.63) is 71.5 Å². The summed E-state index contributed by atoms with van der Waals surface area (Å²) >= 11 is 1.44. The number of carbonyl (C=O) groups is 1. The SMILES string of the molecule is CCCCNC(=O)CCCCSc1nnc(Cc2ccccc2)n1-c1cccc(C(F)(F)F)c1. The van der Waals surface area contributed by atoms with E-state index in [1.807, 2.05) is 30.3 Å². The quantitative estimate of drug-likeness (QED) is 0.248. The molecule has 3 aromatic rings. The lowest BCUT2D eigenvalue weighted by molar-refractivity contribution is -0.137. The van der Waals surface area contributed by atoms with Crippen molar-refractivity contribution in [2.24, 2.45) is 0 Å². The smallest absolute Gasteiger partial charge is 0.356 e. The Morgan fingerprint density at radius 2 is 1.82 bits per heavy atom. The first-order chi connectivity index (χ1) is 16.4. The minimum atomic E-state index is -4.44. The summed E-state index contributed by atoms with van der Waals surface area (Å²) in [7, 11) is 0. The van der Waals surface area contributed by atoms with Crippen molar-refractivity contribution in [2.45, 2.75) is 56.8 Å². The van der Waals surface area contributed by atoms with Gasteiger partial charge in [0.1, 0.15) is 5.82 Å². The normalized spacial score (nSPS) is 11.5. The van der Waals surface area contributed by atoms with Crippen LogP contribution in [0.2, 0.25) is 0 Å². The van der Waals surface area contributed by atoms with Gasteiger partial charge < -0.3 is 5.32 Å². The maximum Gasteiger partial charge on any atom is 0.416 e. The summed E-state index contributed by atoms with van der Waals surface area (Å²) in [4.78, 5) is 11.8. The summed E-state index contributed by atoms with van der Waals surface area (Å²) in [6.45, 7) is 2.78. The third-order valence-corrected chi connectivity index (χ3v) is 6.23. The number of aromatic nitrogens is 3. The van der Waals surface area contributed by atoms with Crippen LogP contribution >= 0.6 is 11.8 Å². The minimum Gasteiger partial charge on any atom is -0.356 e. The molecule has 34 heavy (non-hydrogen) atoms. The summed E-state index contributed by atoms with van der Waals surface area (Å²) in [5.74, 6) is 1.31. The Balaban J connectivity index is 1.71. The largest absolute Gasteiger partial charge is 0.416 e. The molecule has 1 N–H and O–H groups in total. The van der Waals surface area contributed by atoms with Gasteiger partial charge in [-0.15, -0.1) is 10.2 Å². The van der Waals surface area contributed by atoms with Crippen molar-refractivity contribution in [1.29, 1.82) is 0 Å². The number of thioether (sulfide) groups is 1. The molecule has 0 spiro atoms. The van der Waals surface area contributed by atoms with Crippen LogP contribution in [0, 0.1) is 0 Å². The van der Waals surface area contributed by atoms with E-state index in [9.17, 15) is 18.0 Å². The molecule has 1 amide bonds. The average Bonchev–Trinajstić information content (AvgIpc) is 3.21. The monoisotopic (exact) mass is 490 g/mol. The second-order valence-electron chi connectivity index (χ2n) is 7.95. The van der Waals surface area contributed by atoms with E-state index in [0.29, 0.717) is 41.8 Å². The van der Waals surface area contributed by atoms with Crippen LogP contribution < -0.4 is 5.32 Å². The maximum absolute atomic E-state index is 13.3. The summed E-state index contributed by atoms with van der Waals surface area (Å²) in [6, 6.07) is 14.8. The van der Waals surface area contributed by atoms with E-state index in [4.69, 9.17) is 0 Å². The highest BCUT2D eigenvalue weighted by atomic mass is 32.2. The molecule has 5 nitrogen and oxygen atoms in total. The van der Waals surface area contributed by atoms with Gasteiger partial charge in [0, 0.05) is 25.1 Å². The molecule has 0 atom stereocenters. The van der Waals surface area contributed by atoms with E-state index in [2.05, 4.69) is 22.4 Å². The fourth-order valence-corrected chi connectivity index (χ4v) is 4.38. The van der Waals surface area contributed by atoms with Gasteiger partial charge in [-0.05, 0) is 43.0 Å². The first-order valence-electron chi connectivity index (χ1n) is 11.4. The van der Waals surface area contributed by atoms with Gasteiger partial charge in [0.05, 0.1) is 11.3 Å². The zero-order valence-electron chi connectivity index (χ0n) is 19.1. The summed E-state index contributed by atoms with van der Waals surface area (Å²) in [6.07, 6.45) is 0.00372. The maximum atomic E-state index is 13.3. The molecule has 1 heterocycles. The highest BCUT2D eigenvalue weighted by Crippen LogP contribution is 2.32. The second-order valence-corrected chi connectivity index (χ2v) is 9.02. The van der Waals surface area contributed by atoms with Crippen molar-refractivity contribution in [3.63, 3.8) is 0 Å². The first-order valence-corrected chi connectivity index (χ1v) is 12.4. The number of halogens is 3. The molecule has 2 aromatic carbocycles. The van der Waals surface area contributed by atoms with Crippen LogP contribution in [0.25, 0.3) is 5.69 Å². The number of amides is 1. The number of nitrogens with one attached hydrogen (secondary N) is 1. The molecule has 182 valence electrons. The molecule has 0 aliphatic heterocycles. The fourth-order valence-electron chi connectivity index (χ4n) is 3.41. The molecule has 0 radical (unpaired) electrons. The van der Waals surface area contributed by atoms with E-state index < -0.39 is 11.7 Å². The third kappa shape index (κ3) is 7.62. The predicted molar refractivity (Wildman–Crippen MR) is 128 cm³/mol. The van der Waals surface area contributed by atoms with Gasteiger partial charge in [-0.3, -0.25) is 9.36 Å². The van der Waals surface area contributed by atoms with E-state index in [0.717, 1.165) is 43.4 Å². The molecule has 9 heteroatoms. The fraction of sp³-hybridized carbons (Fsp3) is 0.400. The molecule has 0 aliphatic carbocycles. The molecular weight excluding hydrogens is 461 g/mol. The topological polar surface area (TPSA) is 59.8 Å². The van der Waals surface area contributed by atoms with E-state index in [-0.39, 0.29) is 5.91 Å². The second kappa shape index (κ2) is 12.6. The van der Waals surface area contributed by atoms with E-state index >= 15 is 0 Å². The van der Waals surface area contributed by atoms with Crippen molar-refractivity contribution in [3.8, 4) is 5.69 Å². The van der Waals surface area contributed by atoms with Gasteiger partial charge in [-0.2, -0.15) is 13.2 Å². The standard InChI is InChI=1S/C25H29F3N4OS/c1-2-3-15-29-23(33)14-7-8-16-34-24-31-30-22(17-19-10-5-4-6-11-19)32(24)21-13-9-12-20(18-21)25(26,27)28/h4-6,9-13,18H,2-3,7-8,14-17H2,1H3,(H,29,33). The lowest BCUT2D eigenvalue weighted by atomic mass is 10.1. The van der Waals surface area contributed by atoms with Crippen molar-refractivity contribution in [1.82, 2.24) is 20.1 Å². The van der Waals surface area contributed by atoms with Gasteiger partial charge in [0.15, 0.2) is 5.16 Å². The summed E-state index contributed by atoms with van der Waals surface area (Å²) < 4.78 is 41.7. The van der Waals surface area contributed by atoms with Crippen molar-refractivity contribution in [2.75, 3.05) is 12.3 Å². The highest BCUT2D eigenvalue weighted by Gasteiger charge is 2.31.